The van der Waals surface area contributed by atoms with E-state index in [9.17, 15) is 0 Å². The van der Waals surface area contributed by atoms with Crippen LogP contribution in [0.2, 0.25) is 0 Å². The summed E-state index contributed by atoms with van der Waals surface area (Å²) in [4.78, 5) is 2.64. The van der Waals surface area contributed by atoms with E-state index in [-0.39, 0.29) is 0 Å². The number of nitrogens with two attached hydrogens (primary N) is 1. The minimum absolute atomic E-state index is 0.587. The van der Waals surface area contributed by atoms with Crippen LogP contribution in [0, 0.1) is 0 Å². The average molecular weight is 260 g/mol. The quantitative estimate of drug-likeness (QED) is 0.578. The van der Waals surface area contributed by atoms with Crippen LogP contribution in [0.3, 0.4) is 0 Å². The van der Waals surface area contributed by atoms with E-state index in [2.05, 4.69) is 31.9 Å². The normalized spacial score (nSPS) is 15.2. The standard InChI is InChI=1S/C14H32N2S/c1-5-7-10-16(13(3)6-2)14(12-15)9-8-11-17-4/h13-14H,5-12,15H2,1-4H3. The van der Waals surface area contributed by atoms with Crippen LogP contribution in [0.4, 0.5) is 0 Å². The number of thioether (sulfide) groups is 1. The molecule has 0 amide bonds. The maximum Gasteiger partial charge on any atom is 0.0221 e. The Bertz CT molecular complexity index is 164. The molecule has 0 aliphatic rings. The Balaban J connectivity index is 4.26. The summed E-state index contributed by atoms with van der Waals surface area (Å²) in [7, 11) is 0. The zero-order valence-corrected chi connectivity index (χ0v) is 13.1. The van der Waals surface area contributed by atoms with E-state index >= 15 is 0 Å². The van der Waals surface area contributed by atoms with Gasteiger partial charge in [-0.2, -0.15) is 11.8 Å². The van der Waals surface area contributed by atoms with Gasteiger partial charge in [-0.05, 0) is 51.2 Å². The summed E-state index contributed by atoms with van der Waals surface area (Å²) in [6.45, 7) is 8.90. The average Bonchev–Trinajstić information content (AvgIpc) is 2.36. The summed E-state index contributed by atoms with van der Waals surface area (Å²) in [5.74, 6) is 1.26. The zero-order chi connectivity index (χ0) is 13.1. The first-order chi connectivity index (χ1) is 8.21. The lowest BCUT2D eigenvalue weighted by molar-refractivity contribution is 0.133. The topological polar surface area (TPSA) is 29.3 Å². The van der Waals surface area contributed by atoms with Crippen LogP contribution >= 0.6 is 11.8 Å². The molecule has 0 fully saturated rings. The molecule has 0 saturated heterocycles. The third-order valence-corrected chi connectivity index (χ3v) is 4.25. The molecule has 0 aromatic heterocycles. The molecule has 2 nitrogen and oxygen atoms in total. The molecule has 0 aromatic rings. The fourth-order valence-electron chi connectivity index (χ4n) is 2.22. The van der Waals surface area contributed by atoms with Gasteiger partial charge in [0, 0.05) is 18.6 Å². The van der Waals surface area contributed by atoms with Gasteiger partial charge in [0.1, 0.15) is 0 Å². The zero-order valence-electron chi connectivity index (χ0n) is 12.2. The monoisotopic (exact) mass is 260 g/mol. The van der Waals surface area contributed by atoms with Crippen molar-refractivity contribution in [3.63, 3.8) is 0 Å². The van der Waals surface area contributed by atoms with Crippen LogP contribution in [0.25, 0.3) is 0 Å². The Morgan fingerprint density at radius 2 is 1.94 bits per heavy atom. The van der Waals surface area contributed by atoms with Gasteiger partial charge in [0.15, 0.2) is 0 Å². The van der Waals surface area contributed by atoms with E-state index in [4.69, 9.17) is 5.73 Å². The van der Waals surface area contributed by atoms with E-state index in [1.807, 2.05) is 11.8 Å². The van der Waals surface area contributed by atoms with Crippen molar-refractivity contribution < 1.29 is 0 Å². The summed E-state index contributed by atoms with van der Waals surface area (Å²) in [6.07, 6.45) is 8.52. The number of unbranched alkanes of at least 4 members (excludes halogenated alkanes) is 1. The van der Waals surface area contributed by atoms with Crippen molar-refractivity contribution in [3.8, 4) is 0 Å². The Morgan fingerprint density at radius 3 is 2.41 bits per heavy atom. The van der Waals surface area contributed by atoms with Crippen molar-refractivity contribution in [1.82, 2.24) is 4.90 Å². The highest BCUT2D eigenvalue weighted by Crippen LogP contribution is 2.15. The SMILES string of the molecule is CCCCN(C(C)CC)C(CN)CCCSC. The first-order valence-electron chi connectivity index (χ1n) is 7.15. The molecule has 0 heterocycles. The van der Waals surface area contributed by atoms with Gasteiger partial charge >= 0.3 is 0 Å². The predicted molar refractivity (Wildman–Crippen MR) is 81.8 cm³/mol. The lowest BCUT2D eigenvalue weighted by Crippen LogP contribution is -2.46. The molecule has 0 aromatic carbocycles. The lowest BCUT2D eigenvalue weighted by atomic mass is 10.1. The minimum Gasteiger partial charge on any atom is -0.329 e. The number of hydrogen-bond donors (Lipinski definition) is 1. The highest BCUT2D eigenvalue weighted by Gasteiger charge is 2.20. The van der Waals surface area contributed by atoms with E-state index < -0.39 is 0 Å². The van der Waals surface area contributed by atoms with Crippen LogP contribution in [0.5, 0.6) is 0 Å². The van der Waals surface area contributed by atoms with Crippen LogP contribution in [-0.2, 0) is 0 Å². The second kappa shape index (κ2) is 11.4. The smallest absolute Gasteiger partial charge is 0.0221 e. The Labute approximate surface area is 113 Å². The molecule has 0 aliphatic heterocycles. The van der Waals surface area contributed by atoms with E-state index in [0.29, 0.717) is 12.1 Å². The highest BCUT2D eigenvalue weighted by atomic mass is 32.2. The first-order valence-corrected chi connectivity index (χ1v) is 8.55. The van der Waals surface area contributed by atoms with Gasteiger partial charge in [-0.15, -0.1) is 0 Å². The minimum atomic E-state index is 0.587. The van der Waals surface area contributed by atoms with Crippen LogP contribution in [0.1, 0.15) is 52.9 Å². The maximum atomic E-state index is 5.97. The highest BCUT2D eigenvalue weighted by molar-refractivity contribution is 7.98. The largest absolute Gasteiger partial charge is 0.329 e. The van der Waals surface area contributed by atoms with Crippen LogP contribution in [-0.4, -0.2) is 42.1 Å². The summed E-state index contributed by atoms with van der Waals surface area (Å²) in [5.41, 5.74) is 5.97. The van der Waals surface area contributed by atoms with Crippen LogP contribution < -0.4 is 5.73 Å². The predicted octanol–water partition coefficient (Wildman–Crippen LogP) is 3.36. The molecule has 17 heavy (non-hydrogen) atoms. The molecule has 0 aliphatic carbocycles. The van der Waals surface area contributed by atoms with Gasteiger partial charge in [0.2, 0.25) is 0 Å². The number of rotatable bonds is 11. The van der Waals surface area contributed by atoms with Crippen molar-refractivity contribution in [3.05, 3.63) is 0 Å². The number of nitrogens with zero attached hydrogens (tertiary/aromatic N) is 1. The summed E-state index contributed by atoms with van der Waals surface area (Å²) in [5, 5.41) is 0. The maximum absolute atomic E-state index is 5.97. The fraction of sp³-hybridized carbons (Fsp3) is 1.00. The van der Waals surface area contributed by atoms with Gasteiger partial charge in [-0.25, -0.2) is 0 Å². The Hall–Kier alpha value is 0.270. The van der Waals surface area contributed by atoms with Crippen molar-refractivity contribution in [2.45, 2.75) is 65.0 Å². The molecule has 0 spiro atoms. The molecule has 3 heteroatoms. The second-order valence-corrected chi connectivity index (χ2v) is 5.86. The Morgan fingerprint density at radius 1 is 1.24 bits per heavy atom. The summed E-state index contributed by atoms with van der Waals surface area (Å²) in [6, 6.07) is 1.26. The fourth-order valence-corrected chi connectivity index (χ4v) is 2.68. The van der Waals surface area contributed by atoms with Gasteiger partial charge in [0.25, 0.3) is 0 Å². The number of hydrogen-bond acceptors (Lipinski definition) is 3. The van der Waals surface area contributed by atoms with E-state index in [1.54, 1.807) is 0 Å². The molecule has 2 atom stereocenters. The van der Waals surface area contributed by atoms with Crippen molar-refractivity contribution in [1.29, 1.82) is 0 Å². The van der Waals surface area contributed by atoms with Gasteiger partial charge < -0.3 is 5.73 Å². The van der Waals surface area contributed by atoms with Gasteiger partial charge in [-0.3, -0.25) is 4.90 Å². The molecule has 0 bridgehead atoms. The summed E-state index contributed by atoms with van der Waals surface area (Å²) < 4.78 is 0. The van der Waals surface area contributed by atoms with Crippen LogP contribution in [0.15, 0.2) is 0 Å². The molecule has 2 N–H and O–H groups in total. The molecular formula is C14H32N2S. The lowest BCUT2D eigenvalue weighted by Gasteiger charge is -2.35. The first kappa shape index (κ1) is 17.3. The second-order valence-electron chi connectivity index (χ2n) is 4.87. The molecule has 0 saturated carbocycles. The van der Waals surface area contributed by atoms with Crippen molar-refractivity contribution in [2.75, 3.05) is 25.1 Å². The molecule has 2 unspecified atom stereocenters. The van der Waals surface area contributed by atoms with E-state index in [0.717, 1.165) is 6.54 Å². The van der Waals surface area contributed by atoms with E-state index in [1.165, 1.54) is 44.4 Å². The molecule has 0 rings (SSSR count). The molecular weight excluding hydrogens is 228 g/mol. The third kappa shape index (κ3) is 7.32. The third-order valence-electron chi connectivity index (χ3n) is 3.55. The van der Waals surface area contributed by atoms with Gasteiger partial charge in [-0.1, -0.05) is 20.3 Å². The van der Waals surface area contributed by atoms with Crippen molar-refractivity contribution in [2.24, 2.45) is 5.73 Å². The summed E-state index contributed by atoms with van der Waals surface area (Å²) >= 11 is 1.94. The Kier molecular flexibility index (Phi) is 11.5. The van der Waals surface area contributed by atoms with Gasteiger partial charge in [0.05, 0.1) is 0 Å². The molecule has 104 valence electrons. The molecule has 0 radical (unpaired) electrons. The van der Waals surface area contributed by atoms with Crippen molar-refractivity contribution >= 4 is 11.8 Å².